The van der Waals surface area contributed by atoms with Gasteiger partial charge in [0.15, 0.2) is 5.96 Å². The van der Waals surface area contributed by atoms with Gasteiger partial charge in [-0.15, -0.1) is 0 Å². The Balaban J connectivity index is 3.19. The molecule has 0 heterocycles. The maximum atomic E-state index is 5.20. The molecule has 84 valence electrons. The van der Waals surface area contributed by atoms with Crippen LogP contribution < -0.4 is 16.8 Å². The normalized spacial score (nSPS) is 11.4. The van der Waals surface area contributed by atoms with Gasteiger partial charge in [0.05, 0.1) is 0 Å². The molecule has 4 nitrogen and oxygen atoms in total. The predicted molar refractivity (Wildman–Crippen MR) is 62.2 cm³/mol. The van der Waals surface area contributed by atoms with Crippen LogP contribution in [0.2, 0.25) is 0 Å². The van der Waals surface area contributed by atoms with Gasteiger partial charge in [0.25, 0.3) is 0 Å². The zero-order chi connectivity index (χ0) is 11.0. The Morgan fingerprint density at radius 1 is 1.21 bits per heavy atom. The second-order valence-electron chi connectivity index (χ2n) is 4.72. The molecule has 4 heteroatoms. The summed E-state index contributed by atoms with van der Waals surface area (Å²) in [5, 5.41) is 3.36. The highest BCUT2D eigenvalue weighted by atomic mass is 15.0. The van der Waals surface area contributed by atoms with E-state index < -0.39 is 0 Å². The third kappa shape index (κ3) is 11.2. The van der Waals surface area contributed by atoms with Crippen LogP contribution in [0.3, 0.4) is 0 Å². The Bertz CT molecular complexity index is 165. The lowest BCUT2D eigenvalue weighted by Crippen LogP contribution is -2.24. The number of nitrogens with zero attached hydrogens (tertiary/aromatic N) is 1. The summed E-state index contributed by atoms with van der Waals surface area (Å²) in [6, 6.07) is 0. The molecule has 0 rings (SSSR count). The summed E-state index contributed by atoms with van der Waals surface area (Å²) in [6.45, 7) is 9.49. The van der Waals surface area contributed by atoms with Crippen LogP contribution in [0, 0.1) is 5.41 Å². The van der Waals surface area contributed by atoms with Crippen LogP contribution in [0.25, 0.3) is 0 Å². The summed E-state index contributed by atoms with van der Waals surface area (Å²) < 4.78 is 0. The maximum absolute atomic E-state index is 5.20. The molecule has 0 spiro atoms. The monoisotopic (exact) mass is 200 g/mol. The lowest BCUT2D eigenvalue weighted by molar-refractivity contribution is 0.367. The zero-order valence-electron chi connectivity index (χ0n) is 9.64. The molecule has 0 radical (unpaired) electrons. The molecule has 14 heavy (non-hydrogen) atoms. The molecule has 0 aromatic heterocycles. The van der Waals surface area contributed by atoms with E-state index in [0.717, 1.165) is 19.5 Å². The van der Waals surface area contributed by atoms with Crippen molar-refractivity contribution in [1.82, 2.24) is 5.32 Å². The van der Waals surface area contributed by atoms with Crippen molar-refractivity contribution in [1.29, 1.82) is 0 Å². The van der Waals surface area contributed by atoms with E-state index in [1.54, 1.807) is 0 Å². The molecule has 0 saturated heterocycles. The molecule has 0 aliphatic heterocycles. The topological polar surface area (TPSA) is 76.4 Å². The molecule has 0 fully saturated rings. The van der Waals surface area contributed by atoms with Crippen molar-refractivity contribution in [2.24, 2.45) is 21.9 Å². The second kappa shape index (κ2) is 6.65. The second-order valence-corrected chi connectivity index (χ2v) is 4.72. The van der Waals surface area contributed by atoms with E-state index in [4.69, 9.17) is 11.5 Å². The molecule has 5 N–H and O–H groups in total. The minimum absolute atomic E-state index is 0.180. The molecule has 0 amide bonds. The molecule has 0 aromatic carbocycles. The van der Waals surface area contributed by atoms with E-state index in [-0.39, 0.29) is 5.96 Å². The van der Waals surface area contributed by atoms with E-state index in [1.165, 1.54) is 6.42 Å². The maximum Gasteiger partial charge on any atom is 0.185 e. The predicted octanol–water partition coefficient (Wildman–Crippen LogP) is 0.676. The van der Waals surface area contributed by atoms with Crippen molar-refractivity contribution in [3.8, 4) is 0 Å². The van der Waals surface area contributed by atoms with Crippen LogP contribution in [-0.4, -0.2) is 25.6 Å². The Labute approximate surface area is 87.1 Å². The van der Waals surface area contributed by atoms with Gasteiger partial charge < -0.3 is 16.8 Å². The fourth-order valence-corrected chi connectivity index (χ4v) is 1.00. The van der Waals surface area contributed by atoms with Crippen LogP contribution in [0.1, 0.15) is 33.6 Å². The quantitative estimate of drug-likeness (QED) is 0.335. The number of hydrogen-bond donors (Lipinski definition) is 3. The summed E-state index contributed by atoms with van der Waals surface area (Å²) in [5.74, 6) is 0.180. The van der Waals surface area contributed by atoms with Gasteiger partial charge in [0.2, 0.25) is 0 Å². The van der Waals surface area contributed by atoms with E-state index in [0.29, 0.717) is 12.0 Å². The van der Waals surface area contributed by atoms with E-state index in [9.17, 15) is 0 Å². The van der Waals surface area contributed by atoms with Crippen molar-refractivity contribution in [2.45, 2.75) is 33.6 Å². The van der Waals surface area contributed by atoms with Gasteiger partial charge in [-0.3, -0.25) is 4.99 Å². The zero-order valence-corrected chi connectivity index (χ0v) is 9.64. The summed E-state index contributed by atoms with van der Waals surface area (Å²) in [7, 11) is 0. The van der Waals surface area contributed by atoms with Gasteiger partial charge in [-0.1, -0.05) is 20.8 Å². The average Bonchev–Trinajstić information content (AvgIpc) is 2.00. The van der Waals surface area contributed by atoms with Gasteiger partial charge in [0, 0.05) is 6.54 Å². The number of rotatable bonds is 6. The summed E-state index contributed by atoms with van der Waals surface area (Å²) in [5.41, 5.74) is 10.8. The number of hydrogen-bond acceptors (Lipinski definition) is 2. The van der Waals surface area contributed by atoms with Crippen molar-refractivity contribution in [3.05, 3.63) is 0 Å². The lowest BCUT2D eigenvalue weighted by atomic mass is 9.92. The highest BCUT2D eigenvalue weighted by Gasteiger charge is 2.08. The minimum Gasteiger partial charge on any atom is -0.370 e. The Kier molecular flexibility index (Phi) is 6.28. The summed E-state index contributed by atoms with van der Waals surface area (Å²) in [4.78, 5) is 3.90. The van der Waals surface area contributed by atoms with E-state index in [1.807, 2.05) is 0 Å². The minimum atomic E-state index is 0.180. The average molecular weight is 200 g/mol. The Morgan fingerprint density at radius 3 is 2.36 bits per heavy atom. The van der Waals surface area contributed by atoms with Crippen molar-refractivity contribution < 1.29 is 0 Å². The van der Waals surface area contributed by atoms with Crippen LogP contribution >= 0.6 is 0 Å². The highest BCUT2D eigenvalue weighted by Crippen LogP contribution is 2.16. The standard InChI is InChI=1S/C10H24N4/c1-10(2,3)5-8-13-6-4-7-14-9(11)12/h13H,4-8H2,1-3H3,(H4,11,12,14). The number of nitrogens with one attached hydrogen (secondary N) is 1. The van der Waals surface area contributed by atoms with Gasteiger partial charge in [-0.05, 0) is 31.3 Å². The first kappa shape index (κ1) is 13.2. The molecule has 0 aliphatic rings. The third-order valence-corrected chi connectivity index (χ3v) is 1.86. The fraction of sp³-hybridized carbons (Fsp3) is 0.900. The van der Waals surface area contributed by atoms with Crippen molar-refractivity contribution in [3.63, 3.8) is 0 Å². The van der Waals surface area contributed by atoms with Gasteiger partial charge in [-0.2, -0.15) is 0 Å². The van der Waals surface area contributed by atoms with E-state index in [2.05, 4.69) is 31.1 Å². The molecular formula is C10H24N4. The summed E-state index contributed by atoms with van der Waals surface area (Å²) >= 11 is 0. The highest BCUT2D eigenvalue weighted by molar-refractivity contribution is 5.75. The summed E-state index contributed by atoms with van der Waals surface area (Å²) in [6.07, 6.45) is 2.18. The van der Waals surface area contributed by atoms with Gasteiger partial charge in [0.1, 0.15) is 0 Å². The lowest BCUT2D eigenvalue weighted by Gasteiger charge is -2.17. The molecule has 0 atom stereocenters. The van der Waals surface area contributed by atoms with Crippen LogP contribution in [-0.2, 0) is 0 Å². The molecular weight excluding hydrogens is 176 g/mol. The molecule has 0 unspecified atom stereocenters. The van der Waals surface area contributed by atoms with Crippen LogP contribution in [0.15, 0.2) is 4.99 Å². The molecule has 0 bridgehead atoms. The van der Waals surface area contributed by atoms with Crippen LogP contribution in [0.5, 0.6) is 0 Å². The van der Waals surface area contributed by atoms with Crippen molar-refractivity contribution >= 4 is 5.96 Å². The first-order chi connectivity index (χ1) is 6.42. The molecule has 0 saturated carbocycles. The molecule has 0 aromatic rings. The first-order valence-corrected chi connectivity index (χ1v) is 5.18. The van der Waals surface area contributed by atoms with Gasteiger partial charge in [-0.25, -0.2) is 0 Å². The number of guanidine groups is 1. The first-order valence-electron chi connectivity index (χ1n) is 5.18. The van der Waals surface area contributed by atoms with Crippen molar-refractivity contribution in [2.75, 3.05) is 19.6 Å². The number of nitrogens with two attached hydrogens (primary N) is 2. The smallest absolute Gasteiger partial charge is 0.185 e. The SMILES string of the molecule is CC(C)(C)CCNCCCN=C(N)N. The Morgan fingerprint density at radius 2 is 1.86 bits per heavy atom. The number of aliphatic imine (C=N–C) groups is 1. The van der Waals surface area contributed by atoms with Crippen LogP contribution in [0.4, 0.5) is 0 Å². The largest absolute Gasteiger partial charge is 0.370 e. The van der Waals surface area contributed by atoms with Gasteiger partial charge >= 0.3 is 0 Å². The fourth-order valence-electron chi connectivity index (χ4n) is 1.00. The molecule has 0 aliphatic carbocycles. The third-order valence-electron chi connectivity index (χ3n) is 1.86. The van der Waals surface area contributed by atoms with E-state index >= 15 is 0 Å². The Hall–Kier alpha value is -0.770.